The molecule has 0 radical (unpaired) electrons. The smallest absolute Gasteiger partial charge is 0.234 e. The third-order valence-corrected chi connectivity index (χ3v) is 5.21. The summed E-state index contributed by atoms with van der Waals surface area (Å²) in [5.41, 5.74) is 0.489. The summed E-state index contributed by atoms with van der Waals surface area (Å²) in [5, 5.41) is 12.3. The second-order valence-electron chi connectivity index (χ2n) is 5.66. The number of nitrogens with zero attached hydrogens (tertiary/aromatic N) is 3. The van der Waals surface area contributed by atoms with Crippen molar-refractivity contribution in [2.75, 3.05) is 11.1 Å². The molecule has 2 aromatic carbocycles. The Labute approximate surface area is 175 Å². The summed E-state index contributed by atoms with van der Waals surface area (Å²) in [6.07, 6.45) is 0. The fourth-order valence-electron chi connectivity index (χ4n) is 2.18. The van der Waals surface area contributed by atoms with Crippen LogP contribution < -0.4 is 10.1 Å². The first-order valence-corrected chi connectivity index (χ1v) is 9.81. The molecule has 3 rings (SSSR count). The van der Waals surface area contributed by atoms with Gasteiger partial charge in [-0.25, -0.2) is 4.39 Å². The lowest BCUT2D eigenvalue weighted by atomic mass is 10.3. The molecule has 0 unspecified atom stereocenters. The molecule has 10 heteroatoms. The number of ether oxygens (including phenoxy) is 1. The van der Waals surface area contributed by atoms with Gasteiger partial charge in [0.25, 0.3) is 0 Å². The van der Waals surface area contributed by atoms with Crippen LogP contribution in [0.15, 0.2) is 47.6 Å². The molecule has 0 atom stereocenters. The average Bonchev–Trinajstić information content (AvgIpc) is 3.02. The van der Waals surface area contributed by atoms with Gasteiger partial charge in [0, 0.05) is 12.1 Å². The van der Waals surface area contributed by atoms with Gasteiger partial charge < -0.3 is 14.6 Å². The molecule has 3 aromatic rings. The minimum Gasteiger partial charge on any atom is -0.486 e. The number of anilines is 1. The zero-order valence-electron chi connectivity index (χ0n) is 14.7. The summed E-state index contributed by atoms with van der Waals surface area (Å²) in [6.45, 7) is 0.169. The Morgan fingerprint density at radius 1 is 1.21 bits per heavy atom. The van der Waals surface area contributed by atoms with E-state index in [1.54, 1.807) is 29.8 Å². The Balaban J connectivity index is 1.53. The van der Waals surface area contributed by atoms with E-state index in [-0.39, 0.29) is 24.1 Å². The first-order chi connectivity index (χ1) is 13.4. The lowest BCUT2D eigenvalue weighted by molar-refractivity contribution is -0.113. The van der Waals surface area contributed by atoms with Crippen LogP contribution in [-0.2, 0) is 18.4 Å². The average molecular weight is 441 g/mol. The summed E-state index contributed by atoms with van der Waals surface area (Å²) in [6, 6.07) is 10.5. The van der Waals surface area contributed by atoms with E-state index < -0.39 is 0 Å². The van der Waals surface area contributed by atoms with Crippen molar-refractivity contribution >= 4 is 46.6 Å². The van der Waals surface area contributed by atoms with Crippen LogP contribution in [0.5, 0.6) is 5.75 Å². The van der Waals surface area contributed by atoms with Crippen LogP contribution in [0.25, 0.3) is 0 Å². The second kappa shape index (κ2) is 9.27. The van der Waals surface area contributed by atoms with Gasteiger partial charge in [0.15, 0.2) is 11.0 Å². The summed E-state index contributed by atoms with van der Waals surface area (Å²) in [7, 11) is 1.78. The van der Waals surface area contributed by atoms with Crippen LogP contribution in [0.4, 0.5) is 10.1 Å². The van der Waals surface area contributed by atoms with E-state index in [9.17, 15) is 9.18 Å². The van der Waals surface area contributed by atoms with E-state index in [2.05, 4.69) is 15.5 Å². The maximum atomic E-state index is 12.9. The number of carbonyl (C=O) groups is 1. The Morgan fingerprint density at radius 2 is 1.96 bits per heavy atom. The fraction of sp³-hybridized carbons (Fsp3) is 0.167. The van der Waals surface area contributed by atoms with Crippen LogP contribution in [0, 0.1) is 5.82 Å². The Bertz CT molecular complexity index is 982. The zero-order valence-corrected chi connectivity index (χ0v) is 17.0. The van der Waals surface area contributed by atoms with Gasteiger partial charge in [-0.15, -0.1) is 10.2 Å². The monoisotopic (exact) mass is 440 g/mol. The lowest BCUT2D eigenvalue weighted by Gasteiger charge is -2.08. The maximum absolute atomic E-state index is 12.9. The predicted octanol–water partition coefficient (Wildman–Crippen LogP) is 4.57. The zero-order chi connectivity index (χ0) is 20.1. The molecular weight excluding hydrogens is 426 g/mol. The van der Waals surface area contributed by atoms with Gasteiger partial charge in [0.05, 0.1) is 16.5 Å². The van der Waals surface area contributed by atoms with Crippen molar-refractivity contribution in [2.45, 2.75) is 11.8 Å². The van der Waals surface area contributed by atoms with E-state index >= 15 is 0 Å². The second-order valence-corrected chi connectivity index (χ2v) is 7.45. The van der Waals surface area contributed by atoms with Gasteiger partial charge >= 0.3 is 0 Å². The molecule has 0 saturated heterocycles. The van der Waals surface area contributed by atoms with Crippen LogP contribution in [0.2, 0.25) is 10.0 Å². The highest BCUT2D eigenvalue weighted by molar-refractivity contribution is 7.99. The SMILES string of the molecule is Cn1c(COc2ccc(F)cc2)nnc1SCC(=O)Nc1ccc(Cl)cc1Cl. The van der Waals surface area contributed by atoms with Crippen molar-refractivity contribution in [3.63, 3.8) is 0 Å². The summed E-state index contributed by atoms with van der Waals surface area (Å²) in [5.74, 6) is 0.666. The number of carbonyl (C=O) groups excluding carboxylic acids is 1. The largest absolute Gasteiger partial charge is 0.486 e. The van der Waals surface area contributed by atoms with E-state index in [1.165, 1.54) is 36.0 Å². The third-order valence-electron chi connectivity index (χ3n) is 3.64. The molecule has 1 aromatic heterocycles. The molecule has 6 nitrogen and oxygen atoms in total. The highest BCUT2D eigenvalue weighted by Gasteiger charge is 2.13. The number of hydrogen-bond donors (Lipinski definition) is 1. The minimum atomic E-state index is -0.331. The van der Waals surface area contributed by atoms with Crippen molar-refractivity contribution in [1.29, 1.82) is 0 Å². The van der Waals surface area contributed by atoms with Crippen LogP contribution in [0.1, 0.15) is 5.82 Å². The Kier molecular flexibility index (Phi) is 6.77. The van der Waals surface area contributed by atoms with E-state index in [1.807, 2.05) is 0 Å². The standard InChI is InChI=1S/C18H15Cl2FN4O2S/c1-25-16(9-27-13-5-3-12(21)4-6-13)23-24-18(25)28-10-17(26)22-15-7-2-11(19)8-14(15)20/h2-8H,9-10H2,1H3,(H,22,26). The molecular formula is C18H15Cl2FN4O2S. The van der Waals surface area contributed by atoms with Crippen molar-refractivity contribution in [1.82, 2.24) is 14.8 Å². The Hall–Kier alpha value is -2.29. The first-order valence-electron chi connectivity index (χ1n) is 8.06. The molecule has 0 bridgehead atoms. The number of aromatic nitrogens is 3. The van der Waals surface area contributed by atoms with Crippen LogP contribution >= 0.6 is 35.0 Å². The minimum absolute atomic E-state index is 0.129. The highest BCUT2D eigenvalue weighted by Crippen LogP contribution is 2.26. The van der Waals surface area contributed by atoms with Gasteiger partial charge in [-0.1, -0.05) is 35.0 Å². The van der Waals surface area contributed by atoms with Crippen LogP contribution in [-0.4, -0.2) is 26.4 Å². The fourth-order valence-corrected chi connectivity index (χ4v) is 3.37. The molecule has 0 saturated carbocycles. The van der Waals surface area contributed by atoms with Gasteiger partial charge in [-0.05, 0) is 42.5 Å². The number of nitrogens with one attached hydrogen (secondary N) is 1. The molecule has 1 heterocycles. The van der Waals surface area contributed by atoms with Crippen molar-refractivity contribution in [3.05, 3.63) is 64.2 Å². The van der Waals surface area contributed by atoms with Crippen molar-refractivity contribution < 1.29 is 13.9 Å². The molecule has 0 spiro atoms. The van der Waals surface area contributed by atoms with Gasteiger partial charge in [0.2, 0.25) is 5.91 Å². The summed E-state index contributed by atoms with van der Waals surface area (Å²) >= 11 is 13.1. The topological polar surface area (TPSA) is 69.0 Å². The molecule has 0 aliphatic rings. The first kappa shape index (κ1) is 20.4. The van der Waals surface area contributed by atoms with Gasteiger partial charge in [-0.2, -0.15) is 0 Å². The van der Waals surface area contributed by atoms with E-state index in [0.717, 1.165) is 0 Å². The summed E-state index contributed by atoms with van der Waals surface area (Å²) < 4.78 is 20.2. The van der Waals surface area contributed by atoms with Gasteiger partial charge in [-0.3, -0.25) is 4.79 Å². The third kappa shape index (κ3) is 5.37. The number of thioether (sulfide) groups is 1. The number of halogens is 3. The molecule has 146 valence electrons. The molecule has 0 aliphatic carbocycles. The van der Waals surface area contributed by atoms with E-state index in [0.29, 0.717) is 32.5 Å². The number of hydrogen-bond acceptors (Lipinski definition) is 5. The number of amides is 1. The molecule has 1 amide bonds. The molecule has 1 N–H and O–H groups in total. The quantitative estimate of drug-likeness (QED) is 0.544. The maximum Gasteiger partial charge on any atom is 0.234 e. The number of rotatable bonds is 7. The molecule has 0 aliphatic heterocycles. The molecule has 0 fully saturated rings. The van der Waals surface area contributed by atoms with Crippen LogP contribution in [0.3, 0.4) is 0 Å². The summed E-state index contributed by atoms with van der Waals surface area (Å²) in [4.78, 5) is 12.1. The number of benzene rings is 2. The van der Waals surface area contributed by atoms with Crippen molar-refractivity contribution in [3.8, 4) is 5.75 Å². The van der Waals surface area contributed by atoms with Crippen molar-refractivity contribution in [2.24, 2.45) is 7.05 Å². The van der Waals surface area contributed by atoms with E-state index in [4.69, 9.17) is 27.9 Å². The highest BCUT2D eigenvalue weighted by atomic mass is 35.5. The van der Waals surface area contributed by atoms with Gasteiger partial charge in [0.1, 0.15) is 18.2 Å². The molecule has 28 heavy (non-hydrogen) atoms. The normalized spacial score (nSPS) is 10.7. The predicted molar refractivity (Wildman–Crippen MR) is 108 cm³/mol. The lowest BCUT2D eigenvalue weighted by Crippen LogP contribution is -2.15. The Morgan fingerprint density at radius 3 is 2.68 bits per heavy atom.